The van der Waals surface area contributed by atoms with Crippen LogP contribution in [0.25, 0.3) is 6.08 Å². The first-order valence-corrected chi connectivity index (χ1v) is 7.13. The molecular formula is C13H17FN2OS. The molecule has 2 rings (SSSR count). The zero-order chi connectivity index (χ0) is 13.3. The van der Waals surface area contributed by atoms with Crippen LogP contribution in [-0.4, -0.2) is 14.3 Å². The highest BCUT2D eigenvalue weighted by atomic mass is 32.2. The van der Waals surface area contributed by atoms with Crippen LogP contribution < -0.4 is 5.14 Å². The summed E-state index contributed by atoms with van der Waals surface area (Å²) in [5, 5.41) is 5.36. The van der Waals surface area contributed by atoms with E-state index in [1.54, 1.807) is 38.1 Å². The smallest absolute Gasteiger partial charge is 0.216 e. The second kappa shape index (κ2) is 4.99. The van der Waals surface area contributed by atoms with Crippen LogP contribution in [0, 0.1) is 5.95 Å². The van der Waals surface area contributed by atoms with Gasteiger partial charge in [0.1, 0.15) is 0 Å². The number of pyridine rings is 1. The molecule has 0 spiro atoms. The van der Waals surface area contributed by atoms with Gasteiger partial charge in [-0.3, -0.25) is 0 Å². The Balaban J connectivity index is 2.15. The summed E-state index contributed by atoms with van der Waals surface area (Å²) in [4.78, 5) is 3.90. The van der Waals surface area contributed by atoms with Gasteiger partial charge in [0.15, 0.2) is 4.75 Å². The Morgan fingerprint density at radius 3 is 2.67 bits per heavy atom. The molecule has 1 aliphatic rings. The Kier molecular flexibility index (Phi) is 3.75. The van der Waals surface area contributed by atoms with Gasteiger partial charge in [-0.05, 0) is 50.8 Å². The molecule has 0 saturated heterocycles. The van der Waals surface area contributed by atoms with Crippen LogP contribution in [0.3, 0.4) is 0 Å². The Bertz CT molecular complexity index is 470. The Morgan fingerprint density at radius 2 is 2.17 bits per heavy atom. The highest BCUT2D eigenvalue weighted by Crippen LogP contribution is 2.40. The predicted octanol–water partition coefficient (Wildman–Crippen LogP) is 2.51. The van der Waals surface area contributed by atoms with E-state index in [1.165, 1.54) is 0 Å². The quantitative estimate of drug-likeness (QED) is 0.674. The van der Waals surface area contributed by atoms with Crippen molar-refractivity contribution in [1.82, 2.24) is 4.98 Å². The molecule has 18 heavy (non-hydrogen) atoms. The van der Waals surface area contributed by atoms with Gasteiger partial charge in [-0.1, -0.05) is 6.07 Å². The lowest BCUT2D eigenvalue weighted by Gasteiger charge is -2.19. The summed E-state index contributed by atoms with van der Waals surface area (Å²) in [5.74, 6) is -0.0464. The minimum atomic E-state index is -1.46. The average molecular weight is 268 g/mol. The van der Waals surface area contributed by atoms with Gasteiger partial charge in [0, 0.05) is 16.9 Å². The van der Waals surface area contributed by atoms with Gasteiger partial charge in [-0.2, -0.15) is 9.53 Å². The summed E-state index contributed by atoms with van der Waals surface area (Å²) in [7, 11) is 0. The van der Waals surface area contributed by atoms with Gasteiger partial charge in [0.25, 0.3) is 0 Å². The molecule has 1 heterocycles. The maximum Gasteiger partial charge on any atom is 0.216 e. The molecule has 0 bridgehead atoms. The van der Waals surface area contributed by atoms with Crippen LogP contribution in [0.5, 0.6) is 0 Å². The van der Waals surface area contributed by atoms with Crippen molar-refractivity contribution in [2.75, 3.05) is 0 Å². The van der Waals surface area contributed by atoms with E-state index in [2.05, 4.69) is 4.98 Å². The average Bonchev–Trinajstić information content (AvgIpc) is 3.10. The molecule has 1 aromatic rings. The lowest BCUT2D eigenvalue weighted by molar-refractivity contribution is 0.566. The van der Waals surface area contributed by atoms with Crippen molar-refractivity contribution < 1.29 is 8.94 Å². The van der Waals surface area contributed by atoms with Crippen molar-refractivity contribution in [3.63, 3.8) is 0 Å². The number of nitrogens with two attached hydrogens (primary N) is 1. The number of halogens is 1. The van der Waals surface area contributed by atoms with Crippen LogP contribution in [0.4, 0.5) is 4.39 Å². The molecule has 1 unspecified atom stereocenters. The molecule has 1 aliphatic carbocycles. The summed E-state index contributed by atoms with van der Waals surface area (Å²) in [6.45, 7) is 3.52. The zero-order valence-corrected chi connectivity index (χ0v) is 11.3. The van der Waals surface area contributed by atoms with E-state index in [0.29, 0.717) is 17.2 Å². The monoisotopic (exact) mass is 268 g/mol. The third kappa shape index (κ3) is 3.10. The van der Waals surface area contributed by atoms with Crippen molar-refractivity contribution >= 4 is 17.4 Å². The van der Waals surface area contributed by atoms with Gasteiger partial charge in [0.2, 0.25) is 5.95 Å². The van der Waals surface area contributed by atoms with E-state index in [0.717, 1.165) is 12.8 Å². The number of hydrogen-bond acceptors (Lipinski definition) is 3. The largest absolute Gasteiger partial charge is 0.598 e. The lowest BCUT2D eigenvalue weighted by atomic mass is 10.1. The highest BCUT2D eigenvalue weighted by Gasteiger charge is 2.28. The van der Waals surface area contributed by atoms with Crippen LogP contribution >= 0.6 is 0 Å². The third-order valence-corrected chi connectivity index (χ3v) is 4.26. The van der Waals surface area contributed by atoms with E-state index in [4.69, 9.17) is 5.14 Å². The first kappa shape index (κ1) is 13.5. The lowest BCUT2D eigenvalue weighted by Crippen LogP contribution is -2.35. The van der Waals surface area contributed by atoms with E-state index < -0.39 is 22.1 Å². The molecule has 1 atom stereocenters. The van der Waals surface area contributed by atoms with Gasteiger partial charge in [0.05, 0.1) is 5.69 Å². The highest BCUT2D eigenvalue weighted by molar-refractivity contribution is 7.90. The summed E-state index contributed by atoms with van der Waals surface area (Å²) in [6, 6.07) is 3.56. The molecular weight excluding hydrogens is 251 g/mol. The normalized spacial score (nSPS) is 18.3. The molecule has 0 aliphatic heterocycles. The molecule has 98 valence electrons. The SMILES string of the molecule is CC(C)(C=Cc1ccc(C2CC2)c(F)n1)[S+](N)[O-]. The predicted molar refractivity (Wildman–Crippen MR) is 71.6 cm³/mol. The number of rotatable bonds is 4. The van der Waals surface area contributed by atoms with Crippen LogP contribution in [0.15, 0.2) is 18.2 Å². The fraction of sp³-hybridized carbons (Fsp3) is 0.462. The van der Waals surface area contributed by atoms with Crippen molar-refractivity contribution in [3.05, 3.63) is 35.4 Å². The van der Waals surface area contributed by atoms with Crippen LogP contribution in [-0.2, 0) is 11.4 Å². The Hall–Kier alpha value is -0.910. The fourth-order valence-corrected chi connectivity index (χ4v) is 1.81. The summed E-state index contributed by atoms with van der Waals surface area (Å²) >= 11 is -1.46. The molecule has 0 radical (unpaired) electrons. The number of aromatic nitrogens is 1. The molecule has 0 amide bonds. The second-order valence-electron chi connectivity index (χ2n) is 5.12. The molecule has 1 aromatic heterocycles. The van der Waals surface area contributed by atoms with Crippen LogP contribution in [0.2, 0.25) is 0 Å². The van der Waals surface area contributed by atoms with Gasteiger partial charge in [-0.25, -0.2) is 4.98 Å². The van der Waals surface area contributed by atoms with E-state index in [1.807, 2.05) is 0 Å². The molecule has 1 fully saturated rings. The van der Waals surface area contributed by atoms with Crippen LogP contribution in [0.1, 0.15) is 43.9 Å². The first-order chi connectivity index (χ1) is 8.40. The maximum atomic E-state index is 13.7. The summed E-state index contributed by atoms with van der Waals surface area (Å²) in [5.41, 5.74) is 1.23. The Labute approximate surface area is 110 Å². The van der Waals surface area contributed by atoms with E-state index >= 15 is 0 Å². The molecule has 3 nitrogen and oxygen atoms in total. The molecule has 1 saturated carbocycles. The number of nitrogens with zero attached hydrogens (tertiary/aromatic N) is 1. The maximum absolute atomic E-state index is 13.7. The second-order valence-corrected chi connectivity index (χ2v) is 6.77. The summed E-state index contributed by atoms with van der Waals surface area (Å²) in [6.07, 6.45) is 5.45. The first-order valence-electron chi connectivity index (χ1n) is 5.92. The number of hydrogen-bond donors (Lipinski definition) is 1. The standard InChI is InChI=1S/C13H17FN2OS/c1-13(2,18(15)17)8-7-10-5-6-11(9-3-4-9)12(14)16-10/h5-9H,3-4,15H2,1-2H3. The van der Waals surface area contributed by atoms with Gasteiger partial charge < -0.3 is 4.55 Å². The van der Waals surface area contributed by atoms with Crippen molar-refractivity contribution in [2.24, 2.45) is 5.14 Å². The summed E-state index contributed by atoms with van der Waals surface area (Å²) < 4.78 is 24.3. The third-order valence-electron chi connectivity index (χ3n) is 3.09. The zero-order valence-electron chi connectivity index (χ0n) is 10.5. The van der Waals surface area contributed by atoms with Crippen molar-refractivity contribution in [3.8, 4) is 0 Å². The van der Waals surface area contributed by atoms with E-state index in [9.17, 15) is 8.94 Å². The fourth-order valence-electron chi connectivity index (χ4n) is 1.60. The molecule has 2 N–H and O–H groups in total. The van der Waals surface area contributed by atoms with Crippen molar-refractivity contribution in [2.45, 2.75) is 37.4 Å². The molecule has 5 heteroatoms. The topological polar surface area (TPSA) is 62.0 Å². The van der Waals surface area contributed by atoms with E-state index in [-0.39, 0.29) is 0 Å². The Morgan fingerprint density at radius 1 is 1.50 bits per heavy atom. The molecule has 0 aromatic carbocycles. The minimum absolute atomic E-state index is 0.350. The van der Waals surface area contributed by atoms with Crippen molar-refractivity contribution in [1.29, 1.82) is 0 Å². The van der Waals surface area contributed by atoms with Gasteiger partial charge in [-0.15, -0.1) is 0 Å². The van der Waals surface area contributed by atoms with Gasteiger partial charge >= 0.3 is 0 Å². The minimum Gasteiger partial charge on any atom is -0.598 e.